The fraction of sp³-hybridized carbons (Fsp3) is 0.462. The summed E-state index contributed by atoms with van der Waals surface area (Å²) in [6.45, 7) is 0.374. The van der Waals surface area contributed by atoms with Crippen molar-refractivity contribution in [3.63, 3.8) is 0 Å². The van der Waals surface area contributed by atoms with Gasteiger partial charge in [0.2, 0.25) is 5.91 Å². The standard InChI is InChI=1S/C13H17N3O3/c1-16-8-9(7-15-16)6-14-12(17)10-4-2-3-5-11(10)13(18)19/h2-3,7-8,10-11H,4-6H2,1H3,(H,14,17)(H,18,19). The molecular weight excluding hydrogens is 246 g/mol. The molecule has 0 aliphatic heterocycles. The molecule has 6 heteroatoms. The Hall–Kier alpha value is -2.11. The molecule has 2 rings (SSSR count). The molecule has 1 aliphatic carbocycles. The highest BCUT2D eigenvalue weighted by atomic mass is 16.4. The van der Waals surface area contributed by atoms with E-state index in [9.17, 15) is 9.59 Å². The van der Waals surface area contributed by atoms with E-state index in [-0.39, 0.29) is 5.91 Å². The average Bonchev–Trinajstić information content (AvgIpc) is 2.81. The average molecular weight is 263 g/mol. The van der Waals surface area contributed by atoms with E-state index in [1.165, 1.54) is 0 Å². The Bertz CT molecular complexity index is 507. The number of aromatic nitrogens is 2. The minimum Gasteiger partial charge on any atom is -0.481 e. The largest absolute Gasteiger partial charge is 0.481 e. The van der Waals surface area contributed by atoms with Gasteiger partial charge in [-0.1, -0.05) is 12.2 Å². The van der Waals surface area contributed by atoms with Crippen LogP contribution in [-0.2, 0) is 23.2 Å². The predicted molar refractivity (Wildman–Crippen MR) is 68.0 cm³/mol. The molecule has 0 saturated carbocycles. The van der Waals surface area contributed by atoms with Gasteiger partial charge in [0.1, 0.15) is 0 Å². The van der Waals surface area contributed by atoms with E-state index in [0.717, 1.165) is 5.56 Å². The number of nitrogens with one attached hydrogen (secondary N) is 1. The van der Waals surface area contributed by atoms with E-state index in [4.69, 9.17) is 5.11 Å². The molecule has 0 aromatic carbocycles. The fourth-order valence-corrected chi connectivity index (χ4v) is 2.26. The number of carboxylic acids is 1. The molecule has 1 aromatic heterocycles. The molecule has 1 aliphatic rings. The van der Waals surface area contributed by atoms with Gasteiger partial charge in [0.15, 0.2) is 0 Å². The summed E-state index contributed by atoms with van der Waals surface area (Å²) >= 11 is 0. The van der Waals surface area contributed by atoms with Crippen molar-refractivity contribution in [1.29, 1.82) is 0 Å². The fourth-order valence-electron chi connectivity index (χ4n) is 2.26. The zero-order chi connectivity index (χ0) is 13.8. The lowest BCUT2D eigenvalue weighted by molar-refractivity contribution is -0.147. The maximum Gasteiger partial charge on any atom is 0.307 e. The molecule has 2 unspecified atom stereocenters. The third-order valence-electron chi connectivity index (χ3n) is 3.31. The SMILES string of the molecule is Cn1cc(CNC(=O)C2CC=CCC2C(=O)O)cn1. The number of carboxylic acid groups (broad SMARTS) is 1. The molecule has 1 amide bonds. The normalized spacial score (nSPS) is 22.2. The summed E-state index contributed by atoms with van der Waals surface area (Å²) in [4.78, 5) is 23.2. The zero-order valence-corrected chi connectivity index (χ0v) is 10.7. The minimum absolute atomic E-state index is 0.208. The summed E-state index contributed by atoms with van der Waals surface area (Å²) in [7, 11) is 1.80. The minimum atomic E-state index is -0.911. The lowest BCUT2D eigenvalue weighted by Crippen LogP contribution is -2.38. The van der Waals surface area contributed by atoms with Crippen molar-refractivity contribution in [1.82, 2.24) is 15.1 Å². The molecule has 102 valence electrons. The molecular formula is C13H17N3O3. The Balaban J connectivity index is 1.95. The van der Waals surface area contributed by atoms with Crippen molar-refractivity contribution >= 4 is 11.9 Å². The third kappa shape index (κ3) is 3.21. The highest BCUT2D eigenvalue weighted by molar-refractivity contribution is 5.85. The first-order valence-electron chi connectivity index (χ1n) is 6.21. The Morgan fingerprint density at radius 1 is 1.42 bits per heavy atom. The van der Waals surface area contributed by atoms with Gasteiger partial charge in [-0.05, 0) is 12.8 Å². The molecule has 19 heavy (non-hydrogen) atoms. The van der Waals surface area contributed by atoms with Crippen molar-refractivity contribution in [3.05, 3.63) is 30.1 Å². The lowest BCUT2D eigenvalue weighted by atomic mass is 9.82. The van der Waals surface area contributed by atoms with E-state index in [0.29, 0.717) is 19.4 Å². The number of carbonyl (C=O) groups is 2. The number of rotatable bonds is 4. The topological polar surface area (TPSA) is 84.2 Å². The van der Waals surface area contributed by atoms with Crippen LogP contribution in [0.4, 0.5) is 0 Å². The first-order valence-corrected chi connectivity index (χ1v) is 6.21. The second-order valence-corrected chi connectivity index (χ2v) is 4.73. The number of amides is 1. The highest BCUT2D eigenvalue weighted by Gasteiger charge is 2.33. The highest BCUT2D eigenvalue weighted by Crippen LogP contribution is 2.26. The van der Waals surface area contributed by atoms with Gasteiger partial charge in [-0.2, -0.15) is 5.10 Å². The Morgan fingerprint density at radius 3 is 2.68 bits per heavy atom. The van der Waals surface area contributed by atoms with E-state index < -0.39 is 17.8 Å². The van der Waals surface area contributed by atoms with Gasteiger partial charge in [-0.15, -0.1) is 0 Å². The second kappa shape index (κ2) is 5.69. The Morgan fingerprint density at radius 2 is 2.11 bits per heavy atom. The summed E-state index contributed by atoms with van der Waals surface area (Å²) in [5.74, 6) is -2.23. The van der Waals surface area contributed by atoms with E-state index in [1.807, 2.05) is 18.3 Å². The summed E-state index contributed by atoms with van der Waals surface area (Å²) in [5, 5.41) is 15.9. The van der Waals surface area contributed by atoms with Crippen LogP contribution in [-0.4, -0.2) is 26.8 Å². The van der Waals surface area contributed by atoms with Crippen molar-refractivity contribution in [3.8, 4) is 0 Å². The van der Waals surface area contributed by atoms with Crippen LogP contribution in [0.3, 0.4) is 0 Å². The van der Waals surface area contributed by atoms with Gasteiger partial charge < -0.3 is 10.4 Å². The third-order valence-corrected chi connectivity index (χ3v) is 3.31. The summed E-state index contributed by atoms with van der Waals surface area (Å²) in [5.41, 5.74) is 0.897. The van der Waals surface area contributed by atoms with Crippen molar-refractivity contribution in [2.45, 2.75) is 19.4 Å². The molecule has 2 atom stereocenters. The van der Waals surface area contributed by atoms with E-state index in [1.54, 1.807) is 17.9 Å². The Labute approximate surface area is 111 Å². The summed E-state index contributed by atoms with van der Waals surface area (Å²) < 4.78 is 1.66. The predicted octanol–water partition coefficient (Wildman–Crippen LogP) is 0.703. The monoisotopic (exact) mass is 263 g/mol. The van der Waals surface area contributed by atoms with Crippen LogP contribution in [0.2, 0.25) is 0 Å². The molecule has 1 aromatic rings. The molecule has 0 bridgehead atoms. The number of hydrogen-bond acceptors (Lipinski definition) is 3. The van der Waals surface area contributed by atoms with Crippen LogP contribution >= 0.6 is 0 Å². The zero-order valence-electron chi connectivity index (χ0n) is 10.7. The van der Waals surface area contributed by atoms with Crippen LogP contribution in [0, 0.1) is 11.8 Å². The van der Waals surface area contributed by atoms with Gasteiger partial charge in [0.25, 0.3) is 0 Å². The maximum absolute atomic E-state index is 12.1. The van der Waals surface area contributed by atoms with Gasteiger partial charge in [0.05, 0.1) is 18.0 Å². The van der Waals surface area contributed by atoms with Crippen LogP contribution in [0.5, 0.6) is 0 Å². The number of allylic oxidation sites excluding steroid dienone is 2. The molecule has 0 saturated heterocycles. The quantitative estimate of drug-likeness (QED) is 0.783. The number of aryl methyl sites for hydroxylation is 1. The summed E-state index contributed by atoms with van der Waals surface area (Å²) in [6, 6.07) is 0. The molecule has 6 nitrogen and oxygen atoms in total. The summed E-state index contributed by atoms with van der Waals surface area (Å²) in [6.07, 6.45) is 8.08. The van der Waals surface area contributed by atoms with E-state index in [2.05, 4.69) is 10.4 Å². The van der Waals surface area contributed by atoms with Crippen LogP contribution in [0.25, 0.3) is 0 Å². The molecule has 0 fully saturated rings. The molecule has 0 radical (unpaired) electrons. The lowest BCUT2D eigenvalue weighted by Gasteiger charge is -2.24. The van der Waals surface area contributed by atoms with Gasteiger partial charge >= 0.3 is 5.97 Å². The second-order valence-electron chi connectivity index (χ2n) is 4.73. The van der Waals surface area contributed by atoms with Crippen molar-refractivity contribution < 1.29 is 14.7 Å². The van der Waals surface area contributed by atoms with Crippen LogP contribution in [0.1, 0.15) is 18.4 Å². The van der Waals surface area contributed by atoms with Gasteiger partial charge in [-0.25, -0.2) is 0 Å². The number of hydrogen-bond donors (Lipinski definition) is 2. The maximum atomic E-state index is 12.1. The number of carbonyl (C=O) groups excluding carboxylic acids is 1. The molecule has 1 heterocycles. The number of nitrogens with zero attached hydrogens (tertiary/aromatic N) is 2. The first kappa shape index (κ1) is 13.3. The first-order chi connectivity index (χ1) is 9.08. The Kier molecular flexibility index (Phi) is 3.99. The van der Waals surface area contributed by atoms with Crippen molar-refractivity contribution in [2.24, 2.45) is 18.9 Å². The number of aliphatic carboxylic acids is 1. The van der Waals surface area contributed by atoms with Crippen molar-refractivity contribution in [2.75, 3.05) is 0 Å². The molecule has 2 N–H and O–H groups in total. The van der Waals surface area contributed by atoms with Gasteiger partial charge in [-0.3, -0.25) is 14.3 Å². The van der Waals surface area contributed by atoms with E-state index >= 15 is 0 Å². The van der Waals surface area contributed by atoms with Crippen LogP contribution < -0.4 is 5.32 Å². The molecule has 0 spiro atoms. The van der Waals surface area contributed by atoms with Crippen LogP contribution in [0.15, 0.2) is 24.5 Å². The van der Waals surface area contributed by atoms with Gasteiger partial charge in [0, 0.05) is 25.4 Å². The smallest absolute Gasteiger partial charge is 0.307 e.